The molecule has 1 atom stereocenters. The molecule has 64 valence electrons. The SMILES string of the molecule is C#CCC(NC)c1scnc1C. The van der Waals surface area contributed by atoms with Crippen LogP contribution in [0.5, 0.6) is 0 Å². The molecule has 1 unspecified atom stereocenters. The Morgan fingerprint density at radius 2 is 2.58 bits per heavy atom. The second-order valence-corrected chi connectivity index (χ2v) is 3.44. The second kappa shape index (κ2) is 4.24. The van der Waals surface area contributed by atoms with Gasteiger partial charge in [0.25, 0.3) is 0 Å². The number of nitrogens with one attached hydrogen (secondary N) is 1. The Morgan fingerprint density at radius 1 is 1.83 bits per heavy atom. The van der Waals surface area contributed by atoms with Crippen molar-refractivity contribution in [3.8, 4) is 12.3 Å². The van der Waals surface area contributed by atoms with Gasteiger partial charge in [0.15, 0.2) is 0 Å². The van der Waals surface area contributed by atoms with E-state index in [9.17, 15) is 0 Å². The van der Waals surface area contributed by atoms with Gasteiger partial charge >= 0.3 is 0 Å². The van der Waals surface area contributed by atoms with Gasteiger partial charge in [0, 0.05) is 11.3 Å². The molecule has 0 aromatic carbocycles. The van der Waals surface area contributed by atoms with Crippen molar-refractivity contribution < 1.29 is 0 Å². The van der Waals surface area contributed by atoms with E-state index in [-0.39, 0.29) is 6.04 Å². The molecule has 1 rings (SSSR count). The zero-order valence-corrected chi connectivity index (χ0v) is 8.11. The molecule has 1 aromatic rings. The number of thiazole rings is 1. The van der Waals surface area contributed by atoms with Gasteiger partial charge in [-0.1, -0.05) is 0 Å². The Balaban J connectivity index is 2.81. The quantitative estimate of drug-likeness (QED) is 0.717. The highest BCUT2D eigenvalue weighted by Gasteiger charge is 2.12. The van der Waals surface area contributed by atoms with Crippen LogP contribution in [0.4, 0.5) is 0 Å². The van der Waals surface area contributed by atoms with Crippen LogP contribution in [-0.4, -0.2) is 12.0 Å². The van der Waals surface area contributed by atoms with Crippen molar-refractivity contribution in [3.63, 3.8) is 0 Å². The van der Waals surface area contributed by atoms with Crippen LogP contribution in [-0.2, 0) is 0 Å². The monoisotopic (exact) mass is 180 g/mol. The lowest BCUT2D eigenvalue weighted by Crippen LogP contribution is -2.15. The van der Waals surface area contributed by atoms with Gasteiger partial charge in [-0.2, -0.15) is 0 Å². The van der Waals surface area contributed by atoms with Crippen molar-refractivity contribution in [3.05, 3.63) is 16.1 Å². The Bertz CT molecular complexity index is 285. The highest BCUT2D eigenvalue weighted by Crippen LogP contribution is 2.23. The van der Waals surface area contributed by atoms with Crippen molar-refractivity contribution in [2.75, 3.05) is 7.05 Å². The van der Waals surface area contributed by atoms with Gasteiger partial charge < -0.3 is 5.32 Å². The Hall–Kier alpha value is -0.850. The van der Waals surface area contributed by atoms with E-state index in [1.54, 1.807) is 11.3 Å². The number of hydrogen-bond donors (Lipinski definition) is 1. The average Bonchev–Trinajstić information content (AvgIpc) is 2.47. The van der Waals surface area contributed by atoms with E-state index < -0.39 is 0 Å². The van der Waals surface area contributed by atoms with Gasteiger partial charge in [-0.3, -0.25) is 0 Å². The van der Waals surface area contributed by atoms with Gasteiger partial charge in [0.05, 0.1) is 17.2 Å². The Morgan fingerprint density at radius 3 is 3.00 bits per heavy atom. The maximum Gasteiger partial charge on any atom is 0.0798 e. The molecule has 1 N–H and O–H groups in total. The topological polar surface area (TPSA) is 24.9 Å². The van der Waals surface area contributed by atoms with E-state index >= 15 is 0 Å². The van der Waals surface area contributed by atoms with E-state index in [1.807, 2.05) is 19.5 Å². The van der Waals surface area contributed by atoms with Crippen LogP contribution in [0.15, 0.2) is 5.51 Å². The Labute approximate surface area is 77.0 Å². The molecule has 12 heavy (non-hydrogen) atoms. The summed E-state index contributed by atoms with van der Waals surface area (Å²) in [6.07, 6.45) is 5.98. The first-order valence-electron chi connectivity index (χ1n) is 3.80. The van der Waals surface area contributed by atoms with Crippen LogP contribution in [0.3, 0.4) is 0 Å². The molecule has 2 nitrogen and oxygen atoms in total. The lowest BCUT2D eigenvalue weighted by Gasteiger charge is -2.10. The van der Waals surface area contributed by atoms with Crippen LogP contribution in [0.1, 0.15) is 23.0 Å². The fraction of sp³-hybridized carbons (Fsp3) is 0.444. The van der Waals surface area contributed by atoms with Crippen LogP contribution < -0.4 is 5.32 Å². The molecule has 0 radical (unpaired) electrons. The summed E-state index contributed by atoms with van der Waals surface area (Å²) in [7, 11) is 1.92. The van der Waals surface area contributed by atoms with E-state index in [0.29, 0.717) is 0 Å². The molecule has 0 saturated carbocycles. The largest absolute Gasteiger partial charge is 0.311 e. The predicted molar refractivity (Wildman–Crippen MR) is 52.1 cm³/mol. The molecular formula is C9H12N2S. The standard InChI is InChI=1S/C9H12N2S/c1-4-5-8(10-3)9-7(2)11-6-12-9/h1,6,8,10H,5H2,2-3H3. The molecule has 1 heterocycles. The van der Waals surface area contributed by atoms with E-state index in [4.69, 9.17) is 6.42 Å². The lowest BCUT2D eigenvalue weighted by molar-refractivity contribution is 0.617. The summed E-state index contributed by atoms with van der Waals surface area (Å²) in [5.74, 6) is 2.65. The first-order chi connectivity index (χ1) is 5.79. The molecule has 0 aliphatic carbocycles. The zero-order valence-electron chi connectivity index (χ0n) is 7.29. The molecule has 0 amide bonds. The van der Waals surface area contributed by atoms with Crippen molar-refractivity contribution in [2.24, 2.45) is 0 Å². The normalized spacial score (nSPS) is 12.4. The highest BCUT2D eigenvalue weighted by molar-refractivity contribution is 7.09. The first-order valence-corrected chi connectivity index (χ1v) is 4.68. The molecule has 1 aromatic heterocycles. The number of aryl methyl sites for hydroxylation is 1. The molecule has 3 heteroatoms. The van der Waals surface area contributed by atoms with E-state index in [2.05, 4.69) is 16.2 Å². The summed E-state index contributed by atoms with van der Waals surface area (Å²) in [4.78, 5) is 5.42. The van der Waals surface area contributed by atoms with E-state index in [0.717, 1.165) is 12.1 Å². The minimum Gasteiger partial charge on any atom is -0.311 e. The smallest absolute Gasteiger partial charge is 0.0798 e. The van der Waals surface area contributed by atoms with Crippen molar-refractivity contribution in [1.82, 2.24) is 10.3 Å². The predicted octanol–water partition coefficient (Wildman–Crippen LogP) is 1.74. The summed E-state index contributed by atoms with van der Waals surface area (Å²) in [6, 6.07) is 0.266. The highest BCUT2D eigenvalue weighted by atomic mass is 32.1. The van der Waals surface area contributed by atoms with Crippen molar-refractivity contribution in [2.45, 2.75) is 19.4 Å². The van der Waals surface area contributed by atoms with E-state index in [1.165, 1.54) is 4.88 Å². The summed E-state index contributed by atoms with van der Waals surface area (Å²) in [5.41, 5.74) is 2.93. The summed E-state index contributed by atoms with van der Waals surface area (Å²) < 4.78 is 0. The van der Waals surface area contributed by atoms with Crippen LogP contribution in [0.25, 0.3) is 0 Å². The fourth-order valence-corrected chi connectivity index (χ4v) is 2.00. The number of hydrogen-bond acceptors (Lipinski definition) is 3. The zero-order chi connectivity index (χ0) is 8.97. The minimum atomic E-state index is 0.266. The summed E-state index contributed by atoms with van der Waals surface area (Å²) in [6.45, 7) is 2.01. The number of nitrogens with zero attached hydrogens (tertiary/aromatic N) is 1. The minimum absolute atomic E-state index is 0.266. The molecule has 0 aliphatic rings. The third-order valence-electron chi connectivity index (χ3n) is 1.77. The molecule has 0 spiro atoms. The fourth-order valence-electron chi connectivity index (χ4n) is 1.09. The Kier molecular flexibility index (Phi) is 3.27. The number of aromatic nitrogens is 1. The van der Waals surface area contributed by atoms with Gasteiger partial charge in [0.2, 0.25) is 0 Å². The number of terminal acetylenes is 1. The second-order valence-electron chi connectivity index (χ2n) is 2.55. The summed E-state index contributed by atoms with van der Waals surface area (Å²) in [5, 5.41) is 3.17. The van der Waals surface area contributed by atoms with Gasteiger partial charge in [0.1, 0.15) is 0 Å². The molecule has 0 aliphatic heterocycles. The molecule has 0 fully saturated rings. The van der Waals surface area contributed by atoms with Crippen LogP contribution in [0, 0.1) is 19.3 Å². The lowest BCUT2D eigenvalue weighted by atomic mass is 10.1. The average molecular weight is 180 g/mol. The van der Waals surface area contributed by atoms with Gasteiger partial charge in [-0.05, 0) is 14.0 Å². The number of rotatable bonds is 3. The van der Waals surface area contributed by atoms with Gasteiger partial charge in [-0.25, -0.2) is 4.98 Å². The third kappa shape index (κ3) is 1.84. The van der Waals surface area contributed by atoms with Gasteiger partial charge in [-0.15, -0.1) is 23.7 Å². The molecule has 0 bridgehead atoms. The third-order valence-corrected chi connectivity index (χ3v) is 2.81. The van der Waals surface area contributed by atoms with Crippen LogP contribution >= 0.6 is 11.3 Å². The van der Waals surface area contributed by atoms with Crippen molar-refractivity contribution >= 4 is 11.3 Å². The molecular weight excluding hydrogens is 168 g/mol. The maximum atomic E-state index is 5.26. The van der Waals surface area contributed by atoms with Crippen LogP contribution in [0.2, 0.25) is 0 Å². The van der Waals surface area contributed by atoms with Crippen molar-refractivity contribution in [1.29, 1.82) is 0 Å². The summed E-state index contributed by atoms with van der Waals surface area (Å²) >= 11 is 1.65. The molecule has 0 saturated heterocycles. The first kappa shape index (κ1) is 9.24. The maximum absolute atomic E-state index is 5.26.